The fourth-order valence-corrected chi connectivity index (χ4v) is 5.49. The summed E-state index contributed by atoms with van der Waals surface area (Å²) in [5.41, 5.74) is 2.24. The minimum atomic E-state index is 0.684. The molecule has 4 rings (SSSR count). The summed E-state index contributed by atoms with van der Waals surface area (Å²) in [4.78, 5) is 7.23. The summed E-state index contributed by atoms with van der Waals surface area (Å²) in [6.07, 6.45) is 8.90. The van der Waals surface area contributed by atoms with Gasteiger partial charge in [-0.15, -0.1) is 0 Å². The van der Waals surface area contributed by atoms with E-state index in [9.17, 15) is 0 Å². The highest BCUT2D eigenvalue weighted by Gasteiger charge is 2.21. The molecule has 0 radical (unpaired) electrons. The van der Waals surface area contributed by atoms with Crippen molar-refractivity contribution in [1.82, 2.24) is 18.8 Å². The number of para-hydroxylation sites is 1. The Morgan fingerprint density at radius 2 is 1.82 bits per heavy atom. The van der Waals surface area contributed by atoms with Crippen LogP contribution in [0.3, 0.4) is 0 Å². The third-order valence-electron chi connectivity index (χ3n) is 6.55. The van der Waals surface area contributed by atoms with Crippen molar-refractivity contribution in [3.8, 4) is 17.1 Å². The third kappa shape index (κ3) is 5.93. The van der Waals surface area contributed by atoms with Crippen molar-refractivity contribution in [2.45, 2.75) is 45.2 Å². The first-order valence-electron chi connectivity index (χ1n) is 11.9. The molecule has 1 saturated carbocycles. The van der Waals surface area contributed by atoms with Gasteiger partial charge in [0.1, 0.15) is 10.8 Å². The van der Waals surface area contributed by atoms with Gasteiger partial charge in [0, 0.05) is 51.0 Å². The second-order valence-electron chi connectivity index (χ2n) is 8.83. The van der Waals surface area contributed by atoms with Gasteiger partial charge < -0.3 is 18.8 Å². The molecule has 0 unspecified atom stereocenters. The van der Waals surface area contributed by atoms with Crippen LogP contribution in [0.4, 0.5) is 0 Å². The number of ether oxygens (including phenoxy) is 3. The van der Waals surface area contributed by atoms with Crippen LogP contribution in [0.1, 0.15) is 37.1 Å². The van der Waals surface area contributed by atoms with Gasteiger partial charge in [0.25, 0.3) is 0 Å². The predicted molar refractivity (Wildman–Crippen MR) is 133 cm³/mol. The SMILES string of the molecule is COCCN(CCOC)Cc1nc(-c2cn(CC3CCCCC3)c3c(OC)cccc23)ns1. The molecule has 0 saturated heterocycles. The maximum atomic E-state index is 5.75. The molecule has 33 heavy (non-hydrogen) atoms. The quantitative estimate of drug-likeness (QED) is 0.376. The number of aromatic nitrogens is 3. The molecule has 1 aliphatic carbocycles. The number of rotatable bonds is 12. The van der Waals surface area contributed by atoms with Gasteiger partial charge in [0.15, 0.2) is 5.82 Å². The van der Waals surface area contributed by atoms with Gasteiger partial charge in [-0.2, -0.15) is 4.37 Å². The molecule has 180 valence electrons. The van der Waals surface area contributed by atoms with Gasteiger partial charge in [-0.25, -0.2) is 4.98 Å². The van der Waals surface area contributed by atoms with E-state index in [1.807, 2.05) is 6.07 Å². The van der Waals surface area contributed by atoms with Crippen molar-refractivity contribution in [2.75, 3.05) is 47.6 Å². The summed E-state index contributed by atoms with van der Waals surface area (Å²) in [6, 6.07) is 6.27. The summed E-state index contributed by atoms with van der Waals surface area (Å²) >= 11 is 1.48. The average Bonchev–Trinajstić information content (AvgIpc) is 3.46. The van der Waals surface area contributed by atoms with Crippen LogP contribution < -0.4 is 4.74 Å². The Morgan fingerprint density at radius 3 is 2.52 bits per heavy atom. The fourth-order valence-electron chi connectivity index (χ4n) is 4.79. The largest absolute Gasteiger partial charge is 0.495 e. The lowest BCUT2D eigenvalue weighted by atomic mass is 9.89. The lowest BCUT2D eigenvalue weighted by Gasteiger charge is -2.22. The molecule has 0 atom stereocenters. The highest BCUT2D eigenvalue weighted by molar-refractivity contribution is 7.05. The Balaban J connectivity index is 1.61. The van der Waals surface area contributed by atoms with Gasteiger partial charge in [-0.1, -0.05) is 31.4 Å². The molecule has 0 aliphatic heterocycles. The van der Waals surface area contributed by atoms with Crippen LogP contribution in [0.25, 0.3) is 22.3 Å². The lowest BCUT2D eigenvalue weighted by molar-refractivity contribution is 0.110. The van der Waals surface area contributed by atoms with E-state index >= 15 is 0 Å². The van der Waals surface area contributed by atoms with Crippen molar-refractivity contribution >= 4 is 22.4 Å². The molecule has 2 aromatic heterocycles. The maximum Gasteiger partial charge on any atom is 0.175 e. The highest BCUT2D eigenvalue weighted by atomic mass is 32.1. The van der Waals surface area contributed by atoms with E-state index in [1.165, 1.54) is 43.6 Å². The molecule has 3 aromatic rings. The summed E-state index contributed by atoms with van der Waals surface area (Å²) in [7, 11) is 5.21. The fraction of sp³-hybridized carbons (Fsp3) is 0.600. The first-order valence-corrected chi connectivity index (χ1v) is 12.7. The monoisotopic (exact) mass is 472 g/mol. The normalized spacial score (nSPS) is 15.0. The second kappa shape index (κ2) is 11.9. The molecule has 0 N–H and O–H groups in total. The van der Waals surface area contributed by atoms with Crippen LogP contribution in [0.2, 0.25) is 0 Å². The number of methoxy groups -OCH3 is 3. The van der Waals surface area contributed by atoms with E-state index in [1.54, 1.807) is 21.3 Å². The summed E-state index contributed by atoms with van der Waals surface area (Å²) in [5.74, 6) is 2.44. The average molecular weight is 473 g/mol. The van der Waals surface area contributed by atoms with Crippen LogP contribution in [0.15, 0.2) is 24.4 Å². The maximum absolute atomic E-state index is 5.75. The Hall–Kier alpha value is -2.00. The van der Waals surface area contributed by atoms with Crippen LogP contribution in [-0.2, 0) is 22.6 Å². The number of benzene rings is 1. The molecule has 1 fully saturated rings. The van der Waals surface area contributed by atoms with Gasteiger partial charge in [0.2, 0.25) is 0 Å². The molecule has 0 amide bonds. The summed E-state index contributed by atoms with van der Waals surface area (Å²) in [6.45, 7) is 4.82. The lowest BCUT2D eigenvalue weighted by Crippen LogP contribution is -2.30. The molecule has 0 bridgehead atoms. The van der Waals surface area contributed by atoms with Gasteiger partial charge in [-0.05, 0) is 36.4 Å². The number of hydrogen-bond donors (Lipinski definition) is 0. The minimum Gasteiger partial charge on any atom is -0.495 e. The predicted octanol–water partition coefficient (Wildman–Crippen LogP) is 4.84. The zero-order valence-electron chi connectivity index (χ0n) is 20.1. The summed E-state index contributed by atoms with van der Waals surface area (Å²) < 4.78 is 23.4. The molecule has 0 spiro atoms. The van der Waals surface area contributed by atoms with Crippen LogP contribution in [-0.4, -0.2) is 66.5 Å². The minimum absolute atomic E-state index is 0.684. The molecular formula is C25H36N4O3S. The second-order valence-corrected chi connectivity index (χ2v) is 9.67. The number of fused-ring (bicyclic) bond motifs is 1. The first kappa shape index (κ1) is 24.1. The third-order valence-corrected chi connectivity index (χ3v) is 7.25. The zero-order valence-corrected chi connectivity index (χ0v) is 20.9. The van der Waals surface area contributed by atoms with Crippen molar-refractivity contribution in [1.29, 1.82) is 0 Å². The Labute approximate surface area is 200 Å². The van der Waals surface area contributed by atoms with Crippen LogP contribution >= 0.6 is 11.5 Å². The first-order chi connectivity index (χ1) is 16.2. The van der Waals surface area contributed by atoms with E-state index in [4.69, 9.17) is 23.6 Å². The highest BCUT2D eigenvalue weighted by Crippen LogP contribution is 2.36. The molecule has 2 heterocycles. The van der Waals surface area contributed by atoms with Gasteiger partial charge in [-0.3, -0.25) is 4.90 Å². The van der Waals surface area contributed by atoms with Crippen LogP contribution in [0, 0.1) is 5.92 Å². The standard InChI is InChI=1S/C25H36N4O3S/c1-30-14-12-28(13-15-31-2)18-23-26-25(27-33-23)21-17-29(16-19-8-5-4-6-9-19)24-20(21)10-7-11-22(24)32-3/h7,10-11,17,19H,4-6,8-9,12-16,18H2,1-3H3. The van der Waals surface area contributed by atoms with E-state index in [0.717, 1.165) is 65.1 Å². The van der Waals surface area contributed by atoms with E-state index < -0.39 is 0 Å². The van der Waals surface area contributed by atoms with Crippen molar-refractivity contribution in [2.24, 2.45) is 5.92 Å². The van der Waals surface area contributed by atoms with E-state index in [-0.39, 0.29) is 0 Å². The van der Waals surface area contributed by atoms with E-state index in [0.29, 0.717) is 13.2 Å². The Bertz CT molecular complexity index is 1000. The Kier molecular flexibility index (Phi) is 8.72. The molecule has 7 nitrogen and oxygen atoms in total. The molecule has 1 aliphatic rings. The summed E-state index contributed by atoms with van der Waals surface area (Å²) in [5, 5.41) is 2.17. The molecule has 8 heteroatoms. The number of nitrogens with zero attached hydrogens (tertiary/aromatic N) is 4. The number of hydrogen-bond acceptors (Lipinski definition) is 7. The van der Waals surface area contributed by atoms with Crippen molar-refractivity contribution in [3.63, 3.8) is 0 Å². The van der Waals surface area contributed by atoms with Crippen LogP contribution in [0.5, 0.6) is 5.75 Å². The van der Waals surface area contributed by atoms with Gasteiger partial charge in [0.05, 0.1) is 32.4 Å². The van der Waals surface area contributed by atoms with E-state index in [2.05, 4.69) is 27.8 Å². The Morgan fingerprint density at radius 1 is 1.06 bits per heavy atom. The smallest absolute Gasteiger partial charge is 0.175 e. The molecule has 1 aromatic carbocycles. The van der Waals surface area contributed by atoms with Crippen molar-refractivity contribution < 1.29 is 14.2 Å². The van der Waals surface area contributed by atoms with Crippen molar-refractivity contribution in [3.05, 3.63) is 29.4 Å². The zero-order chi connectivity index (χ0) is 23.0. The molecular weight excluding hydrogens is 436 g/mol. The van der Waals surface area contributed by atoms with Gasteiger partial charge >= 0.3 is 0 Å². The topological polar surface area (TPSA) is 61.6 Å².